The molecule has 0 saturated heterocycles. The van der Waals surface area contributed by atoms with Crippen molar-refractivity contribution in [3.05, 3.63) is 36.7 Å². The van der Waals surface area contributed by atoms with E-state index in [1.165, 1.54) is 13.2 Å². The predicted molar refractivity (Wildman–Crippen MR) is 69.9 cm³/mol. The number of nitrogens with one attached hydrogen (secondary N) is 1. The minimum atomic E-state index is 0.0719. The Bertz CT molecular complexity index is 566. The molecular weight excluding hydrogens is 246 g/mol. The maximum atomic E-state index is 9.52. The summed E-state index contributed by atoms with van der Waals surface area (Å²) in [5.74, 6) is 1.38. The zero-order valence-electron chi connectivity index (χ0n) is 10.6. The van der Waals surface area contributed by atoms with Gasteiger partial charge in [-0.05, 0) is 18.2 Å². The van der Waals surface area contributed by atoms with Crippen LogP contribution in [0.4, 0.5) is 0 Å². The van der Waals surface area contributed by atoms with E-state index in [2.05, 4.69) is 22.0 Å². The predicted octanol–water partition coefficient (Wildman–Crippen LogP) is 1.73. The van der Waals surface area contributed by atoms with Gasteiger partial charge in [0.1, 0.15) is 0 Å². The van der Waals surface area contributed by atoms with E-state index < -0.39 is 0 Å². The second kappa shape index (κ2) is 6.01. The number of rotatable bonds is 6. The summed E-state index contributed by atoms with van der Waals surface area (Å²) in [6, 6.07) is 4.88. The molecule has 6 heteroatoms. The van der Waals surface area contributed by atoms with Crippen molar-refractivity contribution >= 4 is 0 Å². The maximum absolute atomic E-state index is 9.52. The Morgan fingerprint density at radius 1 is 1.53 bits per heavy atom. The lowest BCUT2D eigenvalue weighted by Crippen LogP contribution is -2.12. The summed E-state index contributed by atoms with van der Waals surface area (Å²) in [5, 5.41) is 16.5. The molecule has 1 aromatic heterocycles. The van der Waals surface area contributed by atoms with Crippen LogP contribution >= 0.6 is 0 Å². The maximum Gasteiger partial charge on any atom is 0.240 e. The van der Waals surface area contributed by atoms with Crippen molar-refractivity contribution in [2.45, 2.75) is 6.54 Å². The summed E-state index contributed by atoms with van der Waals surface area (Å²) in [5.41, 5.74) is 0.716. The van der Waals surface area contributed by atoms with Gasteiger partial charge in [-0.2, -0.15) is 4.98 Å². The van der Waals surface area contributed by atoms with Crippen LogP contribution in [0.1, 0.15) is 5.89 Å². The lowest BCUT2D eigenvalue weighted by atomic mass is 10.2. The second-order valence-corrected chi connectivity index (χ2v) is 3.82. The van der Waals surface area contributed by atoms with Crippen LogP contribution < -0.4 is 10.1 Å². The number of phenolic OH excluding ortho intramolecular Hbond substituents is 1. The fourth-order valence-electron chi connectivity index (χ4n) is 1.54. The summed E-state index contributed by atoms with van der Waals surface area (Å²) in [6.45, 7) is 4.76. The molecule has 0 atom stereocenters. The Labute approximate surface area is 110 Å². The quantitative estimate of drug-likeness (QED) is 0.609. The molecule has 0 bridgehead atoms. The van der Waals surface area contributed by atoms with E-state index in [1.807, 2.05) is 0 Å². The van der Waals surface area contributed by atoms with Crippen LogP contribution in [0.3, 0.4) is 0 Å². The smallest absolute Gasteiger partial charge is 0.240 e. The molecule has 0 amide bonds. The summed E-state index contributed by atoms with van der Waals surface area (Å²) in [4.78, 5) is 4.25. The van der Waals surface area contributed by atoms with Crippen molar-refractivity contribution in [2.75, 3.05) is 13.7 Å². The molecule has 19 heavy (non-hydrogen) atoms. The van der Waals surface area contributed by atoms with E-state index in [4.69, 9.17) is 9.26 Å². The van der Waals surface area contributed by atoms with Crippen molar-refractivity contribution in [2.24, 2.45) is 0 Å². The molecular formula is C13H15N3O3. The van der Waals surface area contributed by atoms with Crippen LogP contribution in [0.2, 0.25) is 0 Å². The molecule has 1 heterocycles. The number of benzene rings is 1. The molecule has 2 aromatic rings. The number of hydrogen-bond acceptors (Lipinski definition) is 6. The van der Waals surface area contributed by atoms with Gasteiger partial charge >= 0.3 is 0 Å². The van der Waals surface area contributed by atoms with Gasteiger partial charge in [-0.15, -0.1) is 6.58 Å². The molecule has 0 saturated carbocycles. The van der Waals surface area contributed by atoms with E-state index in [1.54, 1.807) is 18.2 Å². The van der Waals surface area contributed by atoms with Crippen molar-refractivity contribution in [1.82, 2.24) is 15.5 Å². The molecule has 0 fully saturated rings. The Morgan fingerprint density at radius 3 is 3.11 bits per heavy atom. The minimum absolute atomic E-state index is 0.0719. The summed E-state index contributed by atoms with van der Waals surface area (Å²) >= 11 is 0. The molecule has 6 nitrogen and oxygen atoms in total. The Hall–Kier alpha value is -2.34. The third-order valence-electron chi connectivity index (χ3n) is 2.47. The lowest BCUT2D eigenvalue weighted by Gasteiger charge is -2.03. The van der Waals surface area contributed by atoms with Crippen LogP contribution in [-0.2, 0) is 6.54 Å². The van der Waals surface area contributed by atoms with E-state index in [0.717, 1.165) is 0 Å². The van der Waals surface area contributed by atoms with Gasteiger partial charge in [0.2, 0.25) is 11.7 Å². The van der Waals surface area contributed by atoms with E-state index in [-0.39, 0.29) is 5.75 Å². The van der Waals surface area contributed by atoms with E-state index in [9.17, 15) is 5.11 Å². The van der Waals surface area contributed by atoms with Gasteiger partial charge in [-0.1, -0.05) is 11.2 Å². The first-order valence-corrected chi connectivity index (χ1v) is 5.76. The van der Waals surface area contributed by atoms with Gasteiger partial charge in [-0.25, -0.2) is 0 Å². The topological polar surface area (TPSA) is 80.4 Å². The third kappa shape index (κ3) is 3.11. The van der Waals surface area contributed by atoms with Crippen LogP contribution in [0.15, 0.2) is 35.4 Å². The molecule has 1 aromatic carbocycles. The average molecular weight is 261 g/mol. The van der Waals surface area contributed by atoms with Crippen LogP contribution in [-0.4, -0.2) is 28.9 Å². The SMILES string of the molecule is C=CCNCc1nc(-c2ccc(O)c(OC)c2)no1. The monoisotopic (exact) mass is 261 g/mol. The molecule has 0 radical (unpaired) electrons. The first kappa shape index (κ1) is 13.1. The zero-order chi connectivity index (χ0) is 13.7. The molecule has 0 aliphatic rings. The Morgan fingerprint density at radius 2 is 2.37 bits per heavy atom. The average Bonchev–Trinajstić information content (AvgIpc) is 2.88. The normalized spacial score (nSPS) is 10.4. The van der Waals surface area contributed by atoms with Crippen LogP contribution in [0.5, 0.6) is 11.5 Å². The van der Waals surface area contributed by atoms with Gasteiger partial charge in [0.05, 0.1) is 13.7 Å². The van der Waals surface area contributed by atoms with Crippen LogP contribution in [0.25, 0.3) is 11.4 Å². The van der Waals surface area contributed by atoms with E-state index in [0.29, 0.717) is 36.1 Å². The highest BCUT2D eigenvalue weighted by Gasteiger charge is 2.10. The van der Waals surface area contributed by atoms with Crippen LogP contribution in [0, 0.1) is 0 Å². The minimum Gasteiger partial charge on any atom is -0.504 e. The zero-order valence-corrected chi connectivity index (χ0v) is 10.6. The first-order valence-electron chi connectivity index (χ1n) is 5.76. The highest BCUT2D eigenvalue weighted by Crippen LogP contribution is 2.30. The highest BCUT2D eigenvalue weighted by molar-refractivity contribution is 5.60. The van der Waals surface area contributed by atoms with Gasteiger partial charge in [0.15, 0.2) is 11.5 Å². The summed E-state index contributed by atoms with van der Waals surface area (Å²) < 4.78 is 10.1. The molecule has 100 valence electrons. The number of methoxy groups -OCH3 is 1. The largest absolute Gasteiger partial charge is 0.504 e. The molecule has 0 aliphatic heterocycles. The second-order valence-electron chi connectivity index (χ2n) is 3.82. The number of hydrogen-bond donors (Lipinski definition) is 2. The van der Waals surface area contributed by atoms with Crippen molar-refractivity contribution in [3.63, 3.8) is 0 Å². The van der Waals surface area contributed by atoms with Gasteiger partial charge in [0, 0.05) is 12.1 Å². The third-order valence-corrected chi connectivity index (χ3v) is 2.47. The van der Waals surface area contributed by atoms with Crippen molar-refractivity contribution < 1.29 is 14.4 Å². The molecule has 0 unspecified atom stereocenters. The number of aromatic hydroxyl groups is 1. The fraction of sp³-hybridized carbons (Fsp3) is 0.231. The summed E-state index contributed by atoms with van der Waals surface area (Å²) in [6.07, 6.45) is 1.75. The molecule has 2 N–H and O–H groups in total. The Balaban J connectivity index is 2.15. The standard InChI is InChI=1S/C13H15N3O3/c1-3-6-14-8-12-15-13(16-19-12)9-4-5-10(17)11(7-9)18-2/h3-5,7,14,17H,1,6,8H2,2H3. The summed E-state index contributed by atoms with van der Waals surface area (Å²) in [7, 11) is 1.49. The van der Waals surface area contributed by atoms with Crippen molar-refractivity contribution in [1.29, 1.82) is 0 Å². The first-order chi connectivity index (χ1) is 9.24. The highest BCUT2D eigenvalue weighted by atomic mass is 16.5. The fourth-order valence-corrected chi connectivity index (χ4v) is 1.54. The molecule has 0 spiro atoms. The van der Waals surface area contributed by atoms with E-state index >= 15 is 0 Å². The number of ether oxygens (including phenoxy) is 1. The number of aromatic nitrogens is 2. The lowest BCUT2D eigenvalue weighted by molar-refractivity contribution is 0.369. The number of nitrogens with zero attached hydrogens (tertiary/aromatic N) is 2. The Kier molecular flexibility index (Phi) is 4.15. The van der Waals surface area contributed by atoms with Gasteiger partial charge in [-0.3, -0.25) is 0 Å². The molecule has 2 rings (SSSR count). The van der Waals surface area contributed by atoms with Gasteiger partial charge in [0.25, 0.3) is 0 Å². The number of phenols is 1. The van der Waals surface area contributed by atoms with Gasteiger partial charge < -0.3 is 19.7 Å². The van der Waals surface area contributed by atoms with Crippen molar-refractivity contribution in [3.8, 4) is 22.9 Å². The molecule has 0 aliphatic carbocycles.